The summed E-state index contributed by atoms with van der Waals surface area (Å²) in [5, 5.41) is 11.3. The number of likely N-dealkylation sites (tertiary alicyclic amines) is 1. The number of ether oxygens (including phenoxy) is 1. The molecule has 32 heavy (non-hydrogen) atoms. The number of nitrogens with one attached hydrogen (secondary N) is 1. The van der Waals surface area contributed by atoms with E-state index in [1.54, 1.807) is 6.20 Å². The van der Waals surface area contributed by atoms with E-state index >= 15 is 0 Å². The molecule has 1 aromatic heterocycles. The quantitative estimate of drug-likeness (QED) is 0.592. The second-order valence-electron chi connectivity index (χ2n) is 8.98. The maximum atomic E-state index is 12.6. The minimum Gasteiger partial charge on any atom is -0.489 e. The molecule has 0 spiro atoms. The number of rotatable bonds is 8. The molecule has 2 heterocycles. The molecule has 1 N–H and O–H groups in total. The van der Waals surface area contributed by atoms with E-state index in [4.69, 9.17) is 4.74 Å². The Morgan fingerprint density at radius 3 is 2.59 bits per heavy atom. The SMILES string of the molecule is CC1CN(Cc2ccc(OCc3ccccc3)cc2)CC1NC(=O)c1cn(C2CC2)nn1. The molecule has 1 aliphatic carbocycles. The molecule has 5 rings (SSSR count). The Balaban J connectivity index is 1.11. The van der Waals surface area contributed by atoms with Gasteiger partial charge >= 0.3 is 0 Å². The van der Waals surface area contributed by atoms with Crippen LogP contribution in [0.2, 0.25) is 0 Å². The van der Waals surface area contributed by atoms with Gasteiger partial charge in [-0.2, -0.15) is 0 Å². The van der Waals surface area contributed by atoms with Crippen LogP contribution in [-0.2, 0) is 13.2 Å². The average molecular weight is 432 g/mol. The summed E-state index contributed by atoms with van der Waals surface area (Å²) in [6.45, 7) is 5.39. The van der Waals surface area contributed by atoms with Crippen LogP contribution in [0.15, 0.2) is 60.8 Å². The van der Waals surface area contributed by atoms with Gasteiger partial charge in [0.15, 0.2) is 5.69 Å². The predicted molar refractivity (Wildman–Crippen MR) is 121 cm³/mol. The third-order valence-electron chi connectivity index (χ3n) is 6.25. The lowest BCUT2D eigenvalue weighted by atomic mass is 10.1. The number of carbonyl (C=O) groups is 1. The summed E-state index contributed by atoms with van der Waals surface area (Å²) in [7, 11) is 0. The molecule has 166 valence electrons. The molecule has 2 atom stereocenters. The van der Waals surface area contributed by atoms with Gasteiger partial charge in [-0.05, 0) is 42.0 Å². The van der Waals surface area contributed by atoms with E-state index < -0.39 is 0 Å². The number of aromatic nitrogens is 3. The average Bonchev–Trinajstić information content (AvgIpc) is 3.44. The van der Waals surface area contributed by atoms with Crippen molar-refractivity contribution in [2.24, 2.45) is 5.92 Å². The van der Waals surface area contributed by atoms with Crippen molar-refractivity contribution >= 4 is 5.91 Å². The second-order valence-corrected chi connectivity index (χ2v) is 8.98. The van der Waals surface area contributed by atoms with E-state index in [9.17, 15) is 4.79 Å². The maximum Gasteiger partial charge on any atom is 0.273 e. The van der Waals surface area contributed by atoms with Crippen LogP contribution in [0.5, 0.6) is 5.75 Å². The molecule has 2 fully saturated rings. The fourth-order valence-corrected chi connectivity index (χ4v) is 4.21. The third kappa shape index (κ3) is 4.99. The number of hydrogen-bond donors (Lipinski definition) is 1. The van der Waals surface area contributed by atoms with Crippen LogP contribution in [0.25, 0.3) is 0 Å². The van der Waals surface area contributed by atoms with Crippen molar-refractivity contribution in [3.05, 3.63) is 77.6 Å². The monoisotopic (exact) mass is 431 g/mol. The first-order valence-corrected chi connectivity index (χ1v) is 11.3. The zero-order valence-corrected chi connectivity index (χ0v) is 18.4. The molecule has 7 heteroatoms. The van der Waals surface area contributed by atoms with Crippen LogP contribution in [0, 0.1) is 5.92 Å². The first kappa shape index (κ1) is 20.7. The second kappa shape index (κ2) is 9.12. The normalized spacial score (nSPS) is 20.9. The van der Waals surface area contributed by atoms with Crippen molar-refractivity contribution in [1.29, 1.82) is 0 Å². The fraction of sp³-hybridized carbons (Fsp3) is 0.400. The van der Waals surface area contributed by atoms with Gasteiger partial charge in [-0.1, -0.05) is 54.6 Å². The molecule has 1 amide bonds. The first-order chi connectivity index (χ1) is 15.6. The summed E-state index contributed by atoms with van der Waals surface area (Å²) >= 11 is 0. The van der Waals surface area contributed by atoms with Crippen molar-refractivity contribution in [3.8, 4) is 5.75 Å². The number of nitrogens with zero attached hydrogens (tertiary/aromatic N) is 4. The maximum absolute atomic E-state index is 12.6. The predicted octanol–water partition coefficient (Wildman–Crippen LogP) is 3.44. The van der Waals surface area contributed by atoms with Crippen LogP contribution < -0.4 is 10.1 Å². The van der Waals surface area contributed by atoms with E-state index in [0.717, 1.165) is 43.8 Å². The van der Waals surface area contributed by atoms with E-state index in [-0.39, 0.29) is 11.9 Å². The molecule has 0 radical (unpaired) electrons. The molecule has 7 nitrogen and oxygen atoms in total. The Kier molecular flexibility index (Phi) is 5.90. The molecular weight excluding hydrogens is 402 g/mol. The molecule has 3 aromatic rings. The lowest BCUT2D eigenvalue weighted by molar-refractivity contribution is 0.0926. The molecule has 1 saturated carbocycles. The number of hydrogen-bond acceptors (Lipinski definition) is 5. The van der Waals surface area contributed by atoms with E-state index in [1.807, 2.05) is 35.0 Å². The molecule has 2 aliphatic rings. The van der Waals surface area contributed by atoms with E-state index in [2.05, 4.69) is 51.7 Å². The van der Waals surface area contributed by atoms with Gasteiger partial charge in [0.1, 0.15) is 12.4 Å². The standard InChI is InChI=1S/C25H29N5O2/c1-18-13-29(15-23(18)26-25(31)24-16-30(28-27-24)21-9-10-21)14-19-7-11-22(12-8-19)32-17-20-5-3-2-4-6-20/h2-8,11-12,16,18,21,23H,9-10,13-15,17H2,1H3,(H,26,31). The van der Waals surface area contributed by atoms with Gasteiger partial charge in [-0.25, -0.2) is 4.68 Å². The molecule has 2 aromatic carbocycles. The summed E-state index contributed by atoms with van der Waals surface area (Å²) < 4.78 is 7.70. The van der Waals surface area contributed by atoms with Gasteiger partial charge < -0.3 is 10.1 Å². The van der Waals surface area contributed by atoms with Crippen LogP contribution in [0.4, 0.5) is 0 Å². The van der Waals surface area contributed by atoms with Crippen LogP contribution in [0.1, 0.15) is 47.4 Å². The molecule has 1 aliphatic heterocycles. The topological polar surface area (TPSA) is 72.3 Å². The lowest BCUT2D eigenvalue weighted by Crippen LogP contribution is -2.40. The summed E-state index contributed by atoms with van der Waals surface area (Å²) in [6, 6.07) is 19.0. The largest absolute Gasteiger partial charge is 0.489 e. The van der Waals surface area contributed by atoms with Gasteiger partial charge in [0.2, 0.25) is 0 Å². The van der Waals surface area contributed by atoms with Crippen molar-refractivity contribution < 1.29 is 9.53 Å². The van der Waals surface area contributed by atoms with Crippen LogP contribution in [0.3, 0.4) is 0 Å². The highest BCUT2D eigenvalue weighted by molar-refractivity contribution is 5.92. The molecular formula is C25H29N5O2. The summed E-state index contributed by atoms with van der Waals surface area (Å²) in [5.41, 5.74) is 2.81. The van der Waals surface area contributed by atoms with Gasteiger partial charge in [0, 0.05) is 25.7 Å². The van der Waals surface area contributed by atoms with Crippen molar-refractivity contribution in [1.82, 2.24) is 25.2 Å². The third-order valence-corrected chi connectivity index (χ3v) is 6.25. The minimum absolute atomic E-state index is 0.113. The molecule has 0 bridgehead atoms. The van der Waals surface area contributed by atoms with E-state index in [0.29, 0.717) is 24.3 Å². The highest BCUT2D eigenvalue weighted by atomic mass is 16.5. The van der Waals surface area contributed by atoms with Crippen molar-refractivity contribution in [3.63, 3.8) is 0 Å². The lowest BCUT2D eigenvalue weighted by Gasteiger charge is -2.17. The summed E-state index contributed by atoms with van der Waals surface area (Å²) in [4.78, 5) is 15.0. The highest BCUT2D eigenvalue weighted by Crippen LogP contribution is 2.33. The fourth-order valence-electron chi connectivity index (χ4n) is 4.21. The Morgan fingerprint density at radius 2 is 1.84 bits per heavy atom. The van der Waals surface area contributed by atoms with Crippen molar-refractivity contribution in [2.75, 3.05) is 13.1 Å². The van der Waals surface area contributed by atoms with Crippen molar-refractivity contribution in [2.45, 2.75) is 45.0 Å². The van der Waals surface area contributed by atoms with Gasteiger partial charge in [0.05, 0.1) is 12.2 Å². The highest BCUT2D eigenvalue weighted by Gasteiger charge is 2.32. The Bertz CT molecular complexity index is 1050. The number of amides is 1. The van der Waals surface area contributed by atoms with Gasteiger partial charge in [0.25, 0.3) is 5.91 Å². The molecule has 2 unspecified atom stereocenters. The van der Waals surface area contributed by atoms with Crippen LogP contribution >= 0.6 is 0 Å². The Labute approximate surface area is 188 Å². The zero-order valence-electron chi connectivity index (χ0n) is 18.4. The number of carbonyl (C=O) groups excluding carboxylic acids is 1. The summed E-state index contributed by atoms with van der Waals surface area (Å²) in [5.74, 6) is 1.12. The molecule has 1 saturated heterocycles. The zero-order chi connectivity index (χ0) is 21.9. The number of benzene rings is 2. The Morgan fingerprint density at radius 1 is 1.06 bits per heavy atom. The van der Waals surface area contributed by atoms with E-state index in [1.165, 1.54) is 5.56 Å². The summed E-state index contributed by atoms with van der Waals surface area (Å²) in [6.07, 6.45) is 4.02. The van der Waals surface area contributed by atoms with Gasteiger partial charge in [-0.3, -0.25) is 9.69 Å². The first-order valence-electron chi connectivity index (χ1n) is 11.3. The van der Waals surface area contributed by atoms with Crippen LogP contribution in [-0.4, -0.2) is 44.9 Å². The minimum atomic E-state index is -0.129. The van der Waals surface area contributed by atoms with Gasteiger partial charge in [-0.15, -0.1) is 5.10 Å². The smallest absolute Gasteiger partial charge is 0.273 e. The Hall–Kier alpha value is -3.19.